The minimum Gasteiger partial charge on any atom is -0.480 e. The third-order valence-corrected chi connectivity index (χ3v) is 4.30. The number of nitrogens with zero attached hydrogens (tertiary/aromatic N) is 4. The first-order valence-corrected chi connectivity index (χ1v) is 8.98. The van der Waals surface area contributed by atoms with E-state index < -0.39 is 23.7 Å². The number of carboxylic acids is 1. The molecule has 3 rings (SSSR count). The maximum absolute atomic E-state index is 12.4. The molecule has 1 aliphatic heterocycles. The van der Waals surface area contributed by atoms with E-state index in [2.05, 4.69) is 9.97 Å². The van der Waals surface area contributed by atoms with Gasteiger partial charge in [-0.1, -0.05) is 12.1 Å². The largest absolute Gasteiger partial charge is 0.480 e. The number of aliphatic carboxylic acids is 1. The van der Waals surface area contributed by atoms with Gasteiger partial charge >= 0.3 is 12.1 Å². The van der Waals surface area contributed by atoms with Crippen molar-refractivity contribution in [2.24, 2.45) is 0 Å². The van der Waals surface area contributed by atoms with Crippen LogP contribution in [0.25, 0.3) is 11.0 Å². The van der Waals surface area contributed by atoms with Crippen molar-refractivity contribution < 1.29 is 24.2 Å². The van der Waals surface area contributed by atoms with Gasteiger partial charge in [0.15, 0.2) is 5.82 Å². The molecular formula is C19H24N4O5. The van der Waals surface area contributed by atoms with Crippen LogP contribution in [-0.4, -0.2) is 70.4 Å². The number of methoxy groups -OCH3 is 1. The van der Waals surface area contributed by atoms with Crippen molar-refractivity contribution in [3.8, 4) is 5.88 Å². The van der Waals surface area contributed by atoms with Gasteiger partial charge in [-0.05, 0) is 32.9 Å². The number of carboxylic acid groups (broad SMARTS) is 1. The maximum Gasteiger partial charge on any atom is 0.410 e. The first kappa shape index (κ1) is 19.7. The molecule has 9 heteroatoms. The molecule has 0 bridgehead atoms. The Balaban J connectivity index is 1.91. The lowest BCUT2D eigenvalue weighted by molar-refractivity contribution is -0.139. The summed E-state index contributed by atoms with van der Waals surface area (Å²) in [4.78, 5) is 36.3. The van der Waals surface area contributed by atoms with Crippen LogP contribution < -0.4 is 9.64 Å². The van der Waals surface area contributed by atoms with Crippen LogP contribution in [-0.2, 0) is 9.53 Å². The summed E-state index contributed by atoms with van der Waals surface area (Å²) in [6.07, 6.45) is -0.532. The summed E-state index contributed by atoms with van der Waals surface area (Å²) < 4.78 is 10.7. The fourth-order valence-electron chi connectivity index (χ4n) is 3.04. The lowest BCUT2D eigenvalue weighted by atomic mass is 10.1. The van der Waals surface area contributed by atoms with Gasteiger partial charge < -0.3 is 24.4 Å². The molecule has 1 atom stereocenters. The Kier molecular flexibility index (Phi) is 5.26. The number of benzene rings is 1. The summed E-state index contributed by atoms with van der Waals surface area (Å²) in [5.41, 5.74) is 0.638. The quantitative estimate of drug-likeness (QED) is 0.853. The van der Waals surface area contributed by atoms with E-state index >= 15 is 0 Å². The van der Waals surface area contributed by atoms with Crippen LogP contribution in [0.15, 0.2) is 24.3 Å². The summed E-state index contributed by atoms with van der Waals surface area (Å²) in [5, 5.41) is 9.77. The normalized spacial score (nSPS) is 17.5. The van der Waals surface area contributed by atoms with Crippen molar-refractivity contribution in [1.29, 1.82) is 0 Å². The number of rotatable bonds is 3. The number of piperazine rings is 1. The molecule has 0 radical (unpaired) electrons. The Hall–Kier alpha value is -3.10. The van der Waals surface area contributed by atoms with Gasteiger partial charge in [0.1, 0.15) is 11.6 Å². The molecule has 0 aliphatic carbocycles. The second-order valence-electron chi connectivity index (χ2n) is 7.52. The number of carbonyl (C=O) groups excluding carboxylic acids is 1. The van der Waals surface area contributed by atoms with Crippen molar-refractivity contribution in [2.75, 3.05) is 31.6 Å². The minimum absolute atomic E-state index is 0.0259. The van der Waals surface area contributed by atoms with Crippen molar-refractivity contribution in [3.05, 3.63) is 24.3 Å². The smallest absolute Gasteiger partial charge is 0.410 e. The van der Waals surface area contributed by atoms with Gasteiger partial charge in [0.05, 0.1) is 24.7 Å². The Labute approximate surface area is 162 Å². The summed E-state index contributed by atoms with van der Waals surface area (Å²) in [7, 11) is 1.47. The number of amides is 1. The molecule has 9 nitrogen and oxygen atoms in total. The van der Waals surface area contributed by atoms with Crippen molar-refractivity contribution in [2.45, 2.75) is 32.4 Å². The highest BCUT2D eigenvalue weighted by molar-refractivity contribution is 5.83. The van der Waals surface area contributed by atoms with Crippen molar-refractivity contribution >= 4 is 28.9 Å². The number of aromatic nitrogens is 2. The van der Waals surface area contributed by atoms with Crippen LogP contribution in [0.4, 0.5) is 10.6 Å². The SMILES string of the molecule is COc1nc2ccccc2nc1N1CCN(C(=O)OC(C)(C)C)CC1C(=O)O. The zero-order valence-electron chi connectivity index (χ0n) is 16.4. The number of hydrogen-bond donors (Lipinski definition) is 1. The van der Waals surface area contributed by atoms with E-state index in [9.17, 15) is 14.7 Å². The molecule has 2 heterocycles. The Morgan fingerprint density at radius 3 is 2.36 bits per heavy atom. The zero-order chi connectivity index (χ0) is 20.5. The van der Waals surface area contributed by atoms with E-state index in [4.69, 9.17) is 9.47 Å². The third kappa shape index (κ3) is 4.08. The van der Waals surface area contributed by atoms with Crippen LogP contribution in [0.1, 0.15) is 20.8 Å². The summed E-state index contributed by atoms with van der Waals surface area (Å²) in [5.74, 6) is -0.474. The predicted octanol–water partition coefficient (Wildman–Crippen LogP) is 2.15. The topological polar surface area (TPSA) is 105 Å². The van der Waals surface area contributed by atoms with Crippen molar-refractivity contribution in [1.82, 2.24) is 14.9 Å². The Bertz CT molecular complexity index is 896. The predicted molar refractivity (Wildman–Crippen MR) is 103 cm³/mol. The van der Waals surface area contributed by atoms with Gasteiger partial charge in [0.2, 0.25) is 0 Å². The number of anilines is 1. The van der Waals surface area contributed by atoms with Crippen LogP contribution in [0, 0.1) is 0 Å². The number of ether oxygens (including phenoxy) is 2. The molecule has 0 spiro atoms. The number of fused-ring (bicyclic) bond motifs is 1. The van der Waals surface area contributed by atoms with Crippen LogP contribution in [0.5, 0.6) is 5.88 Å². The highest BCUT2D eigenvalue weighted by Gasteiger charge is 2.38. The average molecular weight is 388 g/mol. The second kappa shape index (κ2) is 7.49. The first-order chi connectivity index (χ1) is 13.2. The molecule has 1 saturated heterocycles. The third-order valence-electron chi connectivity index (χ3n) is 4.30. The second-order valence-corrected chi connectivity index (χ2v) is 7.52. The molecule has 0 saturated carbocycles. The summed E-state index contributed by atoms with van der Waals surface area (Å²) in [6.45, 7) is 5.85. The highest BCUT2D eigenvalue weighted by Crippen LogP contribution is 2.30. The standard InChI is InChI=1S/C19H24N4O5/c1-19(2,3)28-18(26)22-9-10-23(14(11-22)17(24)25)15-16(27-4)21-13-8-6-5-7-12(13)20-15/h5-8,14H,9-11H2,1-4H3,(H,24,25). The number of carbonyl (C=O) groups is 2. The number of hydrogen-bond acceptors (Lipinski definition) is 7. The van der Waals surface area contributed by atoms with E-state index in [1.165, 1.54) is 12.0 Å². The van der Waals surface area contributed by atoms with E-state index in [0.717, 1.165) is 0 Å². The van der Waals surface area contributed by atoms with Crippen molar-refractivity contribution in [3.63, 3.8) is 0 Å². The van der Waals surface area contributed by atoms with E-state index in [0.29, 0.717) is 23.4 Å². The fourth-order valence-corrected chi connectivity index (χ4v) is 3.04. The summed E-state index contributed by atoms with van der Waals surface area (Å²) in [6, 6.07) is 6.30. The van der Waals surface area contributed by atoms with Crippen LogP contribution in [0.2, 0.25) is 0 Å². The molecular weight excluding hydrogens is 364 g/mol. The van der Waals surface area contributed by atoms with Crippen LogP contribution in [0.3, 0.4) is 0 Å². The molecule has 1 aromatic heterocycles. The lowest BCUT2D eigenvalue weighted by Gasteiger charge is -2.40. The molecule has 1 fully saturated rings. The fraction of sp³-hybridized carbons (Fsp3) is 0.474. The van der Waals surface area contributed by atoms with E-state index in [1.54, 1.807) is 31.7 Å². The average Bonchev–Trinajstić information content (AvgIpc) is 2.65. The van der Waals surface area contributed by atoms with Gasteiger partial charge in [-0.25, -0.2) is 19.6 Å². The van der Waals surface area contributed by atoms with Gasteiger partial charge in [-0.3, -0.25) is 0 Å². The summed E-state index contributed by atoms with van der Waals surface area (Å²) >= 11 is 0. The van der Waals surface area contributed by atoms with Crippen LogP contribution >= 0.6 is 0 Å². The zero-order valence-corrected chi connectivity index (χ0v) is 16.4. The lowest BCUT2D eigenvalue weighted by Crippen LogP contribution is -2.58. The first-order valence-electron chi connectivity index (χ1n) is 8.98. The highest BCUT2D eigenvalue weighted by atomic mass is 16.6. The van der Waals surface area contributed by atoms with E-state index in [1.807, 2.05) is 18.2 Å². The van der Waals surface area contributed by atoms with Gasteiger partial charge in [0, 0.05) is 13.1 Å². The number of para-hydroxylation sites is 2. The Morgan fingerprint density at radius 1 is 1.14 bits per heavy atom. The molecule has 1 aromatic carbocycles. The molecule has 150 valence electrons. The molecule has 1 unspecified atom stereocenters. The van der Waals surface area contributed by atoms with Gasteiger partial charge in [-0.15, -0.1) is 0 Å². The van der Waals surface area contributed by atoms with Gasteiger partial charge in [0.25, 0.3) is 5.88 Å². The molecule has 1 N–H and O–H groups in total. The molecule has 1 aliphatic rings. The van der Waals surface area contributed by atoms with E-state index in [-0.39, 0.29) is 19.0 Å². The monoisotopic (exact) mass is 388 g/mol. The maximum atomic E-state index is 12.4. The molecule has 28 heavy (non-hydrogen) atoms. The molecule has 1 amide bonds. The molecule has 2 aromatic rings. The Morgan fingerprint density at radius 2 is 1.79 bits per heavy atom. The van der Waals surface area contributed by atoms with Gasteiger partial charge in [-0.2, -0.15) is 0 Å². The minimum atomic E-state index is -1.06.